The number of anilines is 1. The van der Waals surface area contributed by atoms with Crippen LogP contribution in [0.2, 0.25) is 0 Å². The van der Waals surface area contributed by atoms with E-state index in [2.05, 4.69) is 9.71 Å². The summed E-state index contributed by atoms with van der Waals surface area (Å²) in [5.41, 5.74) is 7.51. The number of hydrogen-bond donors (Lipinski definition) is 2. The van der Waals surface area contributed by atoms with Crippen LogP contribution in [0.3, 0.4) is 0 Å². The highest BCUT2D eigenvalue weighted by Gasteiger charge is 2.18. The summed E-state index contributed by atoms with van der Waals surface area (Å²) in [6, 6.07) is 5.93. The van der Waals surface area contributed by atoms with E-state index in [0.29, 0.717) is 5.69 Å². The Morgan fingerprint density at radius 1 is 1.47 bits per heavy atom. The predicted molar refractivity (Wildman–Crippen MR) is 71.7 cm³/mol. The van der Waals surface area contributed by atoms with E-state index in [0.717, 1.165) is 4.88 Å². The second kappa shape index (κ2) is 5.36. The number of nitrogens with zero attached hydrogens (tertiary/aromatic N) is 2. The molecule has 0 fully saturated rings. The van der Waals surface area contributed by atoms with Crippen molar-refractivity contribution < 1.29 is 8.42 Å². The molecule has 3 N–H and O–H groups in total. The summed E-state index contributed by atoms with van der Waals surface area (Å²) in [7, 11) is -3.75. The van der Waals surface area contributed by atoms with Gasteiger partial charge in [-0.1, -0.05) is 0 Å². The summed E-state index contributed by atoms with van der Waals surface area (Å²) in [6.07, 6.45) is 1.58. The number of thiazole rings is 1. The first kappa shape index (κ1) is 13.5. The highest BCUT2D eigenvalue weighted by molar-refractivity contribution is 7.89. The van der Waals surface area contributed by atoms with Crippen LogP contribution in [-0.2, 0) is 16.6 Å². The average Bonchev–Trinajstić information content (AvgIpc) is 2.89. The van der Waals surface area contributed by atoms with Crippen LogP contribution in [-0.4, -0.2) is 13.4 Å². The number of nitrogen functional groups attached to an aromatic ring is 1. The molecular formula is C11H10N4O2S2. The van der Waals surface area contributed by atoms with Gasteiger partial charge in [-0.3, -0.25) is 4.98 Å². The summed E-state index contributed by atoms with van der Waals surface area (Å²) in [6.45, 7) is 0.141. The normalized spacial score (nSPS) is 11.1. The van der Waals surface area contributed by atoms with Crippen molar-refractivity contribution in [2.75, 3.05) is 5.73 Å². The smallest absolute Gasteiger partial charge is 0.242 e. The van der Waals surface area contributed by atoms with Crippen LogP contribution in [0, 0.1) is 11.3 Å². The molecule has 0 radical (unpaired) electrons. The van der Waals surface area contributed by atoms with Crippen LogP contribution in [0.5, 0.6) is 0 Å². The van der Waals surface area contributed by atoms with Gasteiger partial charge in [-0.05, 0) is 18.2 Å². The second-order valence-corrected chi connectivity index (χ2v) is 6.37. The maximum atomic E-state index is 12.1. The summed E-state index contributed by atoms with van der Waals surface area (Å²) in [5, 5.41) is 8.95. The second-order valence-electron chi connectivity index (χ2n) is 3.66. The van der Waals surface area contributed by atoms with Crippen molar-refractivity contribution in [3.8, 4) is 6.07 Å². The van der Waals surface area contributed by atoms with E-state index in [4.69, 9.17) is 11.0 Å². The summed E-state index contributed by atoms with van der Waals surface area (Å²) >= 11 is 1.35. The molecule has 98 valence electrons. The fourth-order valence-electron chi connectivity index (χ4n) is 1.44. The molecule has 0 amide bonds. The quantitative estimate of drug-likeness (QED) is 0.820. The lowest BCUT2D eigenvalue weighted by molar-refractivity contribution is 0.581. The van der Waals surface area contributed by atoms with Crippen molar-refractivity contribution in [3.05, 3.63) is 40.3 Å². The summed E-state index contributed by atoms with van der Waals surface area (Å²) < 4.78 is 26.6. The van der Waals surface area contributed by atoms with Gasteiger partial charge in [0.2, 0.25) is 10.0 Å². The van der Waals surface area contributed by atoms with Gasteiger partial charge in [0, 0.05) is 23.3 Å². The van der Waals surface area contributed by atoms with Gasteiger partial charge in [0.05, 0.1) is 16.0 Å². The number of nitrogens with two attached hydrogens (primary N) is 1. The third kappa shape index (κ3) is 3.08. The first-order valence-electron chi connectivity index (χ1n) is 5.19. The van der Waals surface area contributed by atoms with Gasteiger partial charge in [-0.15, -0.1) is 11.3 Å². The molecule has 0 aliphatic heterocycles. The van der Waals surface area contributed by atoms with Crippen LogP contribution in [0.1, 0.15) is 10.4 Å². The van der Waals surface area contributed by atoms with Gasteiger partial charge in [-0.2, -0.15) is 5.26 Å². The highest BCUT2D eigenvalue weighted by Crippen LogP contribution is 2.18. The molecule has 0 saturated heterocycles. The van der Waals surface area contributed by atoms with E-state index in [9.17, 15) is 8.42 Å². The number of aromatic nitrogens is 1. The SMILES string of the molecule is N#Cc1cc(N)ccc1S(=O)(=O)NCc1cncs1. The van der Waals surface area contributed by atoms with E-state index in [1.165, 1.54) is 29.5 Å². The van der Waals surface area contributed by atoms with Crippen molar-refractivity contribution in [3.63, 3.8) is 0 Å². The maximum Gasteiger partial charge on any atom is 0.242 e. The lowest BCUT2D eigenvalue weighted by atomic mass is 10.2. The molecule has 6 nitrogen and oxygen atoms in total. The molecule has 1 aromatic heterocycles. The standard InChI is InChI=1S/C11H10N4O2S2/c12-4-8-3-9(13)1-2-11(8)19(16,17)15-6-10-5-14-7-18-10/h1-3,5,7,15H,6,13H2. The molecular weight excluding hydrogens is 284 g/mol. The Bertz CT molecular complexity index is 718. The average molecular weight is 294 g/mol. The first-order valence-corrected chi connectivity index (χ1v) is 7.56. The Labute approximate surface area is 114 Å². The van der Waals surface area contributed by atoms with Crippen molar-refractivity contribution in [2.45, 2.75) is 11.4 Å². The minimum Gasteiger partial charge on any atom is -0.399 e. The zero-order chi connectivity index (χ0) is 13.9. The highest BCUT2D eigenvalue weighted by atomic mass is 32.2. The minimum absolute atomic E-state index is 0.0248. The van der Waals surface area contributed by atoms with Crippen LogP contribution in [0.25, 0.3) is 0 Å². The molecule has 2 aromatic rings. The maximum absolute atomic E-state index is 12.1. The molecule has 0 aliphatic rings. The fourth-order valence-corrected chi connectivity index (χ4v) is 3.21. The largest absolute Gasteiger partial charge is 0.399 e. The number of sulfonamides is 1. The molecule has 2 rings (SSSR count). The van der Waals surface area contributed by atoms with Crippen LogP contribution in [0.4, 0.5) is 5.69 Å². The third-order valence-corrected chi connectivity index (χ3v) is 4.57. The zero-order valence-electron chi connectivity index (χ0n) is 9.70. The topological polar surface area (TPSA) is 109 Å². The summed E-state index contributed by atoms with van der Waals surface area (Å²) in [4.78, 5) is 4.57. The Hall–Kier alpha value is -1.95. The lowest BCUT2D eigenvalue weighted by Crippen LogP contribution is -2.23. The van der Waals surface area contributed by atoms with Gasteiger partial charge >= 0.3 is 0 Å². The van der Waals surface area contributed by atoms with Crippen LogP contribution < -0.4 is 10.5 Å². The van der Waals surface area contributed by atoms with Crippen molar-refractivity contribution in [1.82, 2.24) is 9.71 Å². The molecule has 0 aliphatic carbocycles. The molecule has 0 spiro atoms. The Morgan fingerprint density at radius 2 is 2.26 bits per heavy atom. The Kier molecular flexibility index (Phi) is 3.80. The Morgan fingerprint density at radius 3 is 2.89 bits per heavy atom. The molecule has 0 saturated carbocycles. The van der Waals surface area contributed by atoms with E-state index >= 15 is 0 Å². The van der Waals surface area contributed by atoms with Gasteiger partial charge in [0.1, 0.15) is 6.07 Å². The number of nitrogens with one attached hydrogen (secondary N) is 1. The number of hydrogen-bond acceptors (Lipinski definition) is 6. The van der Waals surface area contributed by atoms with Gasteiger partial charge in [-0.25, -0.2) is 13.1 Å². The zero-order valence-corrected chi connectivity index (χ0v) is 11.3. The summed E-state index contributed by atoms with van der Waals surface area (Å²) in [5.74, 6) is 0. The minimum atomic E-state index is -3.75. The Balaban J connectivity index is 2.27. The van der Waals surface area contributed by atoms with E-state index in [1.54, 1.807) is 11.7 Å². The monoisotopic (exact) mass is 294 g/mol. The molecule has 1 heterocycles. The van der Waals surface area contributed by atoms with E-state index < -0.39 is 10.0 Å². The molecule has 0 unspecified atom stereocenters. The number of nitriles is 1. The third-order valence-electron chi connectivity index (χ3n) is 2.33. The molecule has 0 atom stereocenters. The molecule has 19 heavy (non-hydrogen) atoms. The molecule has 0 bridgehead atoms. The van der Waals surface area contributed by atoms with Crippen molar-refractivity contribution >= 4 is 27.0 Å². The van der Waals surface area contributed by atoms with Crippen LogP contribution in [0.15, 0.2) is 34.8 Å². The van der Waals surface area contributed by atoms with E-state index in [1.807, 2.05) is 6.07 Å². The number of benzene rings is 1. The van der Waals surface area contributed by atoms with Crippen molar-refractivity contribution in [1.29, 1.82) is 5.26 Å². The fraction of sp³-hybridized carbons (Fsp3) is 0.0909. The van der Waals surface area contributed by atoms with Crippen LogP contribution >= 0.6 is 11.3 Å². The van der Waals surface area contributed by atoms with E-state index in [-0.39, 0.29) is 17.0 Å². The molecule has 1 aromatic carbocycles. The van der Waals surface area contributed by atoms with Crippen molar-refractivity contribution in [2.24, 2.45) is 0 Å². The van der Waals surface area contributed by atoms with Gasteiger partial charge < -0.3 is 5.73 Å². The molecule has 8 heteroatoms. The van der Waals surface area contributed by atoms with Gasteiger partial charge in [0.15, 0.2) is 0 Å². The first-order chi connectivity index (χ1) is 9.03. The lowest BCUT2D eigenvalue weighted by Gasteiger charge is -2.07. The van der Waals surface area contributed by atoms with Gasteiger partial charge in [0.25, 0.3) is 0 Å². The predicted octanol–water partition coefficient (Wildman–Crippen LogP) is 1.08. The number of rotatable bonds is 4.